The van der Waals surface area contributed by atoms with E-state index in [1.807, 2.05) is 0 Å². The lowest BCUT2D eigenvalue weighted by atomic mass is 9.99. The van der Waals surface area contributed by atoms with E-state index in [0.29, 0.717) is 21.9 Å². The van der Waals surface area contributed by atoms with E-state index in [2.05, 4.69) is 15.6 Å². The number of nitrogens with zero attached hydrogens (tertiary/aromatic N) is 1. The van der Waals surface area contributed by atoms with Gasteiger partial charge in [-0.15, -0.1) is 12.4 Å². The molecule has 1 aromatic carbocycles. The highest BCUT2D eigenvalue weighted by molar-refractivity contribution is 7.22. The monoisotopic (exact) mass is 395 g/mol. The van der Waals surface area contributed by atoms with Crippen molar-refractivity contribution in [2.75, 3.05) is 25.0 Å². The fourth-order valence-electron chi connectivity index (χ4n) is 2.50. The molecule has 1 atom stereocenters. The molecule has 10 heteroatoms. The van der Waals surface area contributed by atoms with Crippen LogP contribution in [0.25, 0.3) is 10.2 Å². The van der Waals surface area contributed by atoms with Gasteiger partial charge < -0.3 is 15.4 Å². The highest BCUT2D eigenvalue weighted by Gasteiger charge is 2.28. The molecule has 0 aliphatic carbocycles. The number of nitrogens with one attached hydrogen (secondary N) is 2. The van der Waals surface area contributed by atoms with Crippen molar-refractivity contribution < 1.29 is 22.7 Å². The van der Waals surface area contributed by atoms with Gasteiger partial charge in [0.25, 0.3) is 0 Å². The Morgan fingerprint density at radius 1 is 1.44 bits per heavy atom. The maximum Gasteiger partial charge on any atom is 0.422 e. The maximum atomic E-state index is 12.2. The largest absolute Gasteiger partial charge is 0.484 e. The van der Waals surface area contributed by atoms with Crippen LogP contribution in [0.5, 0.6) is 5.75 Å². The molecule has 1 unspecified atom stereocenters. The number of aromatic nitrogens is 1. The molecule has 0 bridgehead atoms. The Morgan fingerprint density at radius 2 is 2.24 bits per heavy atom. The molecule has 1 saturated heterocycles. The van der Waals surface area contributed by atoms with E-state index in [1.165, 1.54) is 23.5 Å². The van der Waals surface area contributed by atoms with Gasteiger partial charge in [-0.3, -0.25) is 4.79 Å². The molecule has 1 fully saturated rings. The molecule has 2 N–H and O–H groups in total. The van der Waals surface area contributed by atoms with Gasteiger partial charge in [-0.2, -0.15) is 13.2 Å². The minimum absolute atomic E-state index is 0. The molecule has 2 aromatic rings. The molecule has 0 saturated carbocycles. The summed E-state index contributed by atoms with van der Waals surface area (Å²) >= 11 is 1.21. The molecular weight excluding hydrogens is 379 g/mol. The number of rotatable bonds is 4. The second kappa shape index (κ2) is 8.20. The Bertz CT molecular complexity index is 732. The van der Waals surface area contributed by atoms with Gasteiger partial charge in [0.2, 0.25) is 5.91 Å². The highest BCUT2D eigenvalue weighted by atomic mass is 35.5. The summed E-state index contributed by atoms with van der Waals surface area (Å²) in [4.78, 5) is 16.5. The molecule has 0 radical (unpaired) electrons. The van der Waals surface area contributed by atoms with Gasteiger partial charge in [0.15, 0.2) is 11.7 Å². The highest BCUT2D eigenvalue weighted by Crippen LogP contribution is 2.30. The normalized spacial score (nSPS) is 17.8. The van der Waals surface area contributed by atoms with Crippen molar-refractivity contribution in [3.8, 4) is 5.75 Å². The van der Waals surface area contributed by atoms with Crippen LogP contribution < -0.4 is 15.4 Å². The zero-order valence-electron chi connectivity index (χ0n) is 13.1. The Hall–Kier alpha value is -1.58. The Kier molecular flexibility index (Phi) is 6.47. The first-order chi connectivity index (χ1) is 11.4. The number of halogens is 4. The smallest absolute Gasteiger partial charge is 0.422 e. The Morgan fingerprint density at radius 3 is 2.92 bits per heavy atom. The third-order valence-corrected chi connectivity index (χ3v) is 4.59. The van der Waals surface area contributed by atoms with Gasteiger partial charge in [0.05, 0.1) is 16.1 Å². The number of carbonyl (C=O) groups excluding carboxylic acids is 1. The lowest BCUT2D eigenvalue weighted by Crippen LogP contribution is -2.37. The van der Waals surface area contributed by atoms with E-state index >= 15 is 0 Å². The average molecular weight is 396 g/mol. The minimum Gasteiger partial charge on any atom is -0.484 e. The fourth-order valence-corrected chi connectivity index (χ4v) is 3.39. The summed E-state index contributed by atoms with van der Waals surface area (Å²) in [6, 6.07) is 4.51. The van der Waals surface area contributed by atoms with Crippen LogP contribution in [0.2, 0.25) is 0 Å². The summed E-state index contributed by atoms with van der Waals surface area (Å²) in [5, 5.41) is 6.40. The number of hydrogen-bond donors (Lipinski definition) is 2. The van der Waals surface area contributed by atoms with Crippen LogP contribution in [-0.2, 0) is 4.79 Å². The Balaban J connectivity index is 0.00000225. The third kappa shape index (κ3) is 5.45. The maximum absolute atomic E-state index is 12.2. The van der Waals surface area contributed by atoms with Crippen molar-refractivity contribution in [1.29, 1.82) is 0 Å². The lowest BCUT2D eigenvalue weighted by molar-refractivity contribution is -0.153. The standard InChI is InChI=1S/C15H16F3N3O2S.ClH/c16-15(17,18)8-23-10-3-4-11-12(6-10)24-14(20-11)21-13(22)9-2-1-5-19-7-9;/h3-4,6,9,19H,1-2,5,7-8H2,(H,20,21,22);1H. The average Bonchev–Trinajstić information content (AvgIpc) is 2.94. The van der Waals surface area contributed by atoms with Crippen LogP contribution in [0, 0.1) is 5.92 Å². The van der Waals surface area contributed by atoms with Crippen LogP contribution in [-0.4, -0.2) is 36.8 Å². The van der Waals surface area contributed by atoms with Gasteiger partial charge in [-0.25, -0.2) is 4.98 Å². The molecule has 1 aliphatic heterocycles. The second-order valence-electron chi connectivity index (χ2n) is 5.58. The number of amides is 1. The van der Waals surface area contributed by atoms with E-state index in [0.717, 1.165) is 19.4 Å². The number of thiazole rings is 1. The zero-order chi connectivity index (χ0) is 17.2. The van der Waals surface area contributed by atoms with Crippen LogP contribution >= 0.6 is 23.7 Å². The third-order valence-electron chi connectivity index (χ3n) is 3.66. The Labute approximate surface area is 152 Å². The molecule has 1 aromatic heterocycles. The number of hydrogen-bond acceptors (Lipinski definition) is 5. The number of fused-ring (bicyclic) bond motifs is 1. The van der Waals surface area contributed by atoms with E-state index in [1.54, 1.807) is 6.07 Å². The van der Waals surface area contributed by atoms with Gasteiger partial charge in [0.1, 0.15) is 5.75 Å². The quantitative estimate of drug-likeness (QED) is 0.830. The van der Waals surface area contributed by atoms with Crippen LogP contribution in [0.4, 0.5) is 18.3 Å². The van der Waals surface area contributed by atoms with E-state index in [-0.39, 0.29) is 30.0 Å². The van der Waals surface area contributed by atoms with Crippen LogP contribution in [0.1, 0.15) is 12.8 Å². The van der Waals surface area contributed by atoms with Crippen molar-refractivity contribution >= 4 is 45.0 Å². The molecule has 2 heterocycles. The SMILES string of the molecule is Cl.O=C(Nc1nc2ccc(OCC(F)(F)F)cc2s1)C1CCCNC1. The van der Waals surface area contributed by atoms with Crippen molar-refractivity contribution in [2.45, 2.75) is 19.0 Å². The number of carbonyl (C=O) groups is 1. The summed E-state index contributed by atoms with van der Waals surface area (Å²) in [6.45, 7) is 0.230. The molecular formula is C15H17ClF3N3O2S. The van der Waals surface area contributed by atoms with E-state index in [9.17, 15) is 18.0 Å². The first-order valence-corrected chi connectivity index (χ1v) is 8.34. The minimum atomic E-state index is -4.38. The first kappa shape index (κ1) is 19.7. The van der Waals surface area contributed by atoms with E-state index in [4.69, 9.17) is 4.74 Å². The first-order valence-electron chi connectivity index (χ1n) is 7.52. The second-order valence-corrected chi connectivity index (χ2v) is 6.62. The fraction of sp³-hybridized carbons (Fsp3) is 0.467. The summed E-state index contributed by atoms with van der Waals surface area (Å²) in [7, 11) is 0. The molecule has 1 amide bonds. The predicted molar refractivity (Wildman–Crippen MR) is 92.6 cm³/mol. The van der Waals surface area contributed by atoms with Gasteiger partial charge in [-0.05, 0) is 37.6 Å². The molecule has 25 heavy (non-hydrogen) atoms. The van der Waals surface area contributed by atoms with Gasteiger partial charge in [0, 0.05) is 6.54 Å². The summed E-state index contributed by atoms with van der Waals surface area (Å²) in [6.07, 6.45) is -2.59. The van der Waals surface area contributed by atoms with Crippen LogP contribution in [0.3, 0.4) is 0 Å². The predicted octanol–water partition coefficient (Wildman–Crippen LogP) is 3.60. The zero-order valence-corrected chi connectivity index (χ0v) is 14.7. The van der Waals surface area contributed by atoms with Crippen molar-refractivity contribution in [3.63, 3.8) is 0 Å². The summed E-state index contributed by atoms with van der Waals surface area (Å²) < 4.78 is 42.0. The number of alkyl halides is 3. The van der Waals surface area contributed by atoms with Crippen molar-refractivity contribution in [1.82, 2.24) is 10.3 Å². The van der Waals surface area contributed by atoms with Gasteiger partial charge in [-0.1, -0.05) is 11.3 Å². The molecule has 3 rings (SSSR count). The lowest BCUT2D eigenvalue weighted by Gasteiger charge is -2.21. The van der Waals surface area contributed by atoms with Crippen molar-refractivity contribution in [3.05, 3.63) is 18.2 Å². The molecule has 0 spiro atoms. The molecule has 1 aliphatic rings. The summed E-state index contributed by atoms with van der Waals surface area (Å²) in [5.74, 6) is -0.0518. The number of anilines is 1. The van der Waals surface area contributed by atoms with Crippen LogP contribution in [0.15, 0.2) is 18.2 Å². The van der Waals surface area contributed by atoms with Crippen molar-refractivity contribution in [2.24, 2.45) is 5.92 Å². The molecule has 5 nitrogen and oxygen atoms in total. The van der Waals surface area contributed by atoms with E-state index < -0.39 is 12.8 Å². The number of ether oxygens (including phenoxy) is 1. The summed E-state index contributed by atoms with van der Waals surface area (Å²) in [5.41, 5.74) is 0.608. The number of piperidine rings is 1. The van der Waals surface area contributed by atoms with Gasteiger partial charge >= 0.3 is 6.18 Å². The number of benzene rings is 1. The topological polar surface area (TPSA) is 63.2 Å². The molecule has 138 valence electrons.